The van der Waals surface area contributed by atoms with Crippen molar-refractivity contribution < 1.29 is 43.3 Å². The summed E-state index contributed by atoms with van der Waals surface area (Å²) in [5.74, 6) is -2.95. The van der Waals surface area contributed by atoms with E-state index in [4.69, 9.17) is 14.2 Å². The summed E-state index contributed by atoms with van der Waals surface area (Å²) in [5, 5.41) is 12.4. The summed E-state index contributed by atoms with van der Waals surface area (Å²) < 4.78 is 14.5. The number of aldehydes is 1. The number of esters is 3. The van der Waals surface area contributed by atoms with E-state index in [9.17, 15) is 29.1 Å². The summed E-state index contributed by atoms with van der Waals surface area (Å²) in [4.78, 5) is 55.6. The molecule has 10 nitrogen and oxygen atoms in total. The second-order valence-corrected chi connectivity index (χ2v) is 4.88. The molecule has 0 saturated carbocycles. The normalized spacial score (nSPS) is 15.2. The van der Waals surface area contributed by atoms with Crippen LogP contribution in [0.5, 0.6) is 0 Å². The highest BCUT2D eigenvalue weighted by Gasteiger charge is 2.39. The predicted octanol–water partition coefficient (Wildman–Crippen LogP) is -1.52. The van der Waals surface area contributed by atoms with Crippen LogP contribution in [-0.2, 0) is 38.2 Å². The predicted molar refractivity (Wildman–Crippen MR) is 77.4 cm³/mol. The van der Waals surface area contributed by atoms with Gasteiger partial charge in [-0.2, -0.15) is 0 Å². The van der Waals surface area contributed by atoms with Crippen molar-refractivity contribution in [3.63, 3.8) is 0 Å². The molecular formula is C14H21NO9. The minimum Gasteiger partial charge on any atom is -0.462 e. The fraction of sp³-hybridized carbons (Fsp3) is 0.643. The number of hydrogen-bond acceptors (Lipinski definition) is 9. The molecule has 0 fully saturated rings. The molecule has 4 atom stereocenters. The Hall–Kier alpha value is -2.49. The zero-order chi connectivity index (χ0) is 18.9. The van der Waals surface area contributed by atoms with E-state index in [-0.39, 0.29) is 6.29 Å². The number of hydrogen-bond donors (Lipinski definition) is 2. The summed E-state index contributed by atoms with van der Waals surface area (Å²) in [5.41, 5.74) is 0. The lowest BCUT2D eigenvalue weighted by Crippen LogP contribution is -2.55. The van der Waals surface area contributed by atoms with E-state index in [1.165, 1.54) is 0 Å². The number of nitrogens with one attached hydrogen (secondary N) is 1. The lowest BCUT2D eigenvalue weighted by Gasteiger charge is -2.31. The highest BCUT2D eigenvalue weighted by atomic mass is 16.6. The van der Waals surface area contributed by atoms with Crippen molar-refractivity contribution in [3.8, 4) is 0 Å². The van der Waals surface area contributed by atoms with Gasteiger partial charge in [-0.05, 0) is 0 Å². The Bertz CT molecular complexity index is 491. The van der Waals surface area contributed by atoms with Gasteiger partial charge in [0.25, 0.3) is 0 Å². The Morgan fingerprint density at radius 3 is 1.92 bits per heavy atom. The summed E-state index contributed by atoms with van der Waals surface area (Å²) in [7, 11) is 0. The molecule has 0 saturated heterocycles. The Morgan fingerprint density at radius 1 is 1.00 bits per heavy atom. The van der Waals surface area contributed by atoms with Crippen LogP contribution in [0, 0.1) is 0 Å². The number of carbonyl (C=O) groups excluding carboxylic acids is 5. The lowest BCUT2D eigenvalue weighted by molar-refractivity contribution is -0.184. The summed E-state index contributed by atoms with van der Waals surface area (Å²) in [6.07, 6.45) is -4.43. The van der Waals surface area contributed by atoms with Crippen LogP contribution < -0.4 is 5.32 Å². The van der Waals surface area contributed by atoms with Crippen molar-refractivity contribution in [2.24, 2.45) is 0 Å². The van der Waals surface area contributed by atoms with E-state index < -0.39 is 54.8 Å². The minimum atomic E-state index is -1.74. The number of carbonyl (C=O) groups is 5. The number of aliphatic hydroxyl groups excluding tert-OH is 1. The first-order chi connectivity index (χ1) is 11.1. The van der Waals surface area contributed by atoms with Crippen LogP contribution in [0.3, 0.4) is 0 Å². The molecular weight excluding hydrogens is 326 g/mol. The van der Waals surface area contributed by atoms with Crippen LogP contribution in [0.1, 0.15) is 27.7 Å². The molecule has 0 aromatic carbocycles. The van der Waals surface area contributed by atoms with Crippen LogP contribution in [0.15, 0.2) is 0 Å². The van der Waals surface area contributed by atoms with E-state index >= 15 is 0 Å². The van der Waals surface area contributed by atoms with Gasteiger partial charge in [0.15, 0.2) is 12.2 Å². The van der Waals surface area contributed by atoms with Gasteiger partial charge in [0.2, 0.25) is 5.91 Å². The van der Waals surface area contributed by atoms with E-state index in [1.807, 2.05) is 0 Å². The lowest BCUT2D eigenvalue weighted by atomic mass is 10.0. The molecule has 0 aliphatic carbocycles. The van der Waals surface area contributed by atoms with E-state index in [0.717, 1.165) is 27.7 Å². The molecule has 0 aliphatic heterocycles. The molecule has 0 unspecified atom stereocenters. The maximum absolute atomic E-state index is 11.3. The summed E-state index contributed by atoms with van der Waals surface area (Å²) in [6.45, 7) is 3.79. The average Bonchev–Trinajstić information content (AvgIpc) is 2.45. The Kier molecular flexibility index (Phi) is 9.25. The molecule has 0 aliphatic rings. The van der Waals surface area contributed by atoms with Gasteiger partial charge < -0.3 is 29.4 Å². The molecule has 0 aromatic rings. The molecule has 10 heteroatoms. The molecule has 1 amide bonds. The zero-order valence-electron chi connectivity index (χ0n) is 13.8. The largest absolute Gasteiger partial charge is 0.462 e. The second kappa shape index (κ2) is 10.3. The first-order valence-corrected chi connectivity index (χ1v) is 6.96. The number of rotatable bonds is 9. The van der Waals surface area contributed by atoms with Gasteiger partial charge in [0, 0.05) is 27.7 Å². The van der Waals surface area contributed by atoms with Gasteiger partial charge in [-0.25, -0.2) is 0 Å². The molecule has 0 heterocycles. The van der Waals surface area contributed by atoms with Crippen molar-refractivity contribution >= 4 is 30.1 Å². The van der Waals surface area contributed by atoms with Gasteiger partial charge in [0.1, 0.15) is 25.0 Å². The quantitative estimate of drug-likeness (QED) is 0.288. The standard InChI is InChI=1S/C14H21NO9/c1-7(17)15-11(5-16)13(21)14(24-10(4)20)12(23-9(3)19)6-22-8(2)18/h5,11-14,21H,6H2,1-4H3,(H,15,17)/t11-,12-,13-,14-/m1/s1. The smallest absolute Gasteiger partial charge is 0.303 e. The maximum Gasteiger partial charge on any atom is 0.303 e. The Balaban J connectivity index is 5.48. The molecule has 0 spiro atoms. The Morgan fingerprint density at radius 2 is 1.54 bits per heavy atom. The van der Waals surface area contributed by atoms with Gasteiger partial charge in [-0.1, -0.05) is 0 Å². The highest BCUT2D eigenvalue weighted by Crippen LogP contribution is 2.14. The van der Waals surface area contributed by atoms with Gasteiger partial charge in [-0.15, -0.1) is 0 Å². The second-order valence-electron chi connectivity index (χ2n) is 4.88. The van der Waals surface area contributed by atoms with Crippen LogP contribution in [0.4, 0.5) is 0 Å². The SMILES string of the molecule is CC(=O)N[C@H](C=O)[C@@H](O)[C@H](OC(C)=O)[C@@H](COC(C)=O)OC(C)=O. The molecule has 0 aromatic heterocycles. The topological polar surface area (TPSA) is 145 Å². The van der Waals surface area contributed by atoms with Gasteiger partial charge in [0.05, 0.1) is 0 Å². The third kappa shape index (κ3) is 8.22. The maximum atomic E-state index is 11.3. The fourth-order valence-corrected chi connectivity index (χ4v) is 1.80. The molecule has 24 heavy (non-hydrogen) atoms. The van der Waals surface area contributed by atoms with Crippen molar-refractivity contribution in [2.45, 2.75) is 52.0 Å². The number of ether oxygens (including phenoxy) is 3. The average molecular weight is 347 g/mol. The van der Waals surface area contributed by atoms with Crippen molar-refractivity contribution in [1.29, 1.82) is 0 Å². The Labute approximate surface area is 138 Å². The molecule has 136 valence electrons. The third-order valence-electron chi connectivity index (χ3n) is 2.66. The summed E-state index contributed by atoms with van der Waals surface area (Å²) in [6, 6.07) is -1.43. The van der Waals surface area contributed by atoms with Crippen molar-refractivity contribution in [2.75, 3.05) is 6.61 Å². The van der Waals surface area contributed by atoms with Crippen LogP contribution in [0.25, 0.3) is 0 Å². The van der Waals surface area contributed by atoms with Crippen LogP contribution >= 0.6 is 0 Å². The highest BCUT2D eigenvalue weighted by molar-refractivity contribution is 5.77. The van der Waals surface area contributed by atoms with Gasteiger partial charge in [-0.3, -0.25) is 19.2 Å². The molecule has 0 rings (SSSR count). The monoisotopic (exact) mass is 347 g/mol. The third-order valence-corrected chi connectivity index (χ3v) is 2.66. The van der Waals surface area contributed by atoms with E-state index in [1.54, 1.807) is 0 Å². The zero-order valence-corrected chi connectivity index (χ0v) is 13.8. The minimum absolute atomic E-state index is 0.235. The van der Waals surface area contributed by atoms with Crippen molar-refractivity contribution in [3.05, 3.63) is 0 Å². The fourth-order valence-electron chi connectivity index (χ4n) is 1.80. The molecule has 0 radical (unpaired) electrons. The molecule has 2 N–H and O–H groups in total. The molecule has 0 bridgehead atoms. The van der Waals surface area contributed by atoms with Crippen LogP contribution in [-0.4, -0.2) is 66.2 Å². The first kappa shape index (κ1) is 21.5. The van der Waals surface area contributed by atoms with Gasteiger partial charge >= 0.3 is 17.9 Å². The van der Waals surface area contributed by atoms with Crippen LogP contribution in [0.2, 0.25) is 0 Å². The number of aliphatic hydroxyl groups is 1. The number of amides is 1. The van der Waals surface area contributed by atoms with E-state index in [2.05, 4.69) is 5.32 Å². The summed E-state index contributed by atoms with van der Waals surface area (Å²) >= 11 is 0. The van der Waals surface area contributed by atoms with E-state index in [0.29, 0.717) is 0 Å². The first-order valence-electron chi connectivity index (χ1n) is 6.96. The van der Waals surface area contributed by atoms with Crippen molar-refractivity contribution in [1.82, 2.24) is 5.32 Å².